The van der Waals surface area contributed by atoms with Gasteiger partial charge in [0.25, 0.3) is 5.56 Å². The van der Waals surface area contributed by atoms with Crippen molar-refractivity contribution in [2.24, 2.45) is 0 Å². The molecule has 10 heteroatoms. The Bertz CT molecular complexity index is 972. The minimum absolute atomic E-state index is 0.0599. The number of hydrogen-bond donors (Lipinski definition) is 2. The topological polar surface area (TPSA) is 135 Å². The number of anilines is 2. The van der Waals surface area contributed by atoms with Gasteiger partial charge in [-0.25, -0.2) is 4.98 Å². The molecule has 0 amide bonds. The van der Waals surface area contributed by atoms with Crippen molar-refractivity contribution >= 4 is 34.6 Å². The molecule has 0 fully saturated rings. The number of hydrogen-bond acceptors (Lipinski definition) is 9. The molecule has 26 heavy (non-hydrogen) atoms. The number of benzene rings is 1. The van der Waals surface area contributed by atoms with E-state index in [1.807, 2.05) is 25.1 Å². The Morgan fingerprint density at radius 2 is 1.85 bits per heavy atom. The van der Waals surface area contributed by atoms with Gasteiger partial charge < -0.3 is 16.2 Å². The van der Waals surface area contributed by atoms with Gasteiger partial charge in [0.2, 0.25) is 11.9 Å². The quantitative estimate of drug-likeness (QED) is 0.483. The second-order valence-electron chi connectivity index (χ2n) is 5.65. The highest BCUT2D eigenvalue weighted by Gasteiger charge is 2.17. The molecular formula is C16H19N7O2S. The lowest BCUT2D eigenvalue weighted by atomic mass is 10.2. The number of rotatable bonds is 6. The van der Waals surface area contributed by atoms with E-state index >= 15 is 0 Å². The zero-order valence-electron chi connectivity index (χ0n) is 14.4. The molecule has 2 heterocycles. The van der Waals surface area contributed by atoms with Gasteiger partial charge in [-0.3, -0.25) is 9.36 Å². The van der Waals surface area contributed by atoms with Crippen LogP contribution < -0.4 is 17.0 Å². The minimum Gasteiger partial charge on any atom is -0.383 e. The molecule has 0 spiro atoms. The van der Waals surface area contributed by atoms with E-state index in [0.717, 1.165) is 0 Å². The van der Waals surface area contributed by atoms with E-state index < -0.39 is 0 Å². The molecule has 3 rings (SSSR count). The van der Waals surface area contributed by atoms with Gasteiger partial charge in [-0.2, -0.15) is 15.0 Å². The van der Waals surface area contributed by atoms with E-state index in [-0.39, 0.29) is 23.5 Å². The van der Waals surface area contributed by atoms with Crippen LogP contribution >= 0.6 is 11.8 Å². The SMILES string of the molecule is COCC(C)n1c(SCc2nc(N)nc(N)n2)nc2ccccc2c1=O. The molecule has 1 aromatic carbocycles. The molecule has 0 aliphatic rings. The van der Waals surface area contributed by atoms with Crippen LogP contribution in [0.4, 0.5) is 11.9 Å². The summed E-state index contributed by atoms with van der Waals surface area (Å²) in [5, 5.41) is 1.12. The van der Waals surface area contributed by atoms with Crippen molar-refractivity contribution in [1.29, 1.82) is 0 Å². The molecule has 3 aromatic rings. The number of nitrogen functional groups attached to an aromatic ring is 2. The zero-order chi connectivity index (χ0) is 18.7. The third-order valence-electron chi connectivity index (χ3n) is 3.67. The molecule has 0 aliphatic carbocycles. The summed E-state index contributed by atoms with van der Waals surface area (Å²) >= 11 is 1.33. The maximum absolute atomic E-state index is 13.0. The van der Waals surface area contributed by atoms with Gasteiger partial charge in [0.05, 0.1) is 29.3 Å². The number of thioether (sulfide) groups is 1. The molecule has 0 saturated heterocycles. The summed E-state index contributed by atoms with van der Waals surface area (Å²) in [6.07, 6.45) is 0. The van der Waals surface area contributed by atoms with Crippen LogP contribution in [0.1, 0.15) is 18.8 Å². The molecule has 136 valence electrons. The lowest BCUT2D eigenvalue weighted by molar-refractivity contribution is 0.156. The average Bonchev–Trinajstić information content (AvgIpc) is 2.59. The first kappa shape index (κ1) is 18.1. The van der Waals surface area contributed by atoms with Gasteiger partial charge in [0, 0.05) is 7.11 Å². The minimum atomic E-state index is -0.180. The predicted molar refractivity (Wildman–Crippen MR) is 101 cm³/mol. The fraction of sp³-hybridized carbons (Fsp3) is 0.312. The van der Waals surface area contributed by atoms with Crippen molar-refractivity contribution in [2.75, 3.05) is 25.2 Å². The highest BCUT2D eigenvalue weighted by molar-refractivity contribution is 7.98. The highest BCUT2D eigenvalue weighted by Crippen LogP contribution is 2.23. The van der Waals surface area contributed by atoms with E-state index in [4.69, 9.17) is 16.2 Å². The fourth-order valence-corrected chi connectivity index (χ4v) is 3.53. The largest absolute Gasteiger partial charge is 0.383 e. The van der Waals surface area contributed by atoms with Crippen LogP contribution in [0.25, 0.3) is 10.9 Å². The van der Waals surface area contributed by atoms with Crippen molar-refractivity contribution < 1.29 is 4.74 Å². The predicted octanol–water partition coefficient (Wildman–Crippen LogP) is 1.25. The molecular weight excluding hydrogens is 354 g/mol. The van der Waals surface area contributed by atoms with Crippen LogP contribution in [0.3, 0.4) is 0 Å². The van der Waals surface area contributed by atoms with E-state index in [0.29, 0.717) is 34.2 Å². The van der Waals surface area contributed by atoms with Crippen LogP contribution in [-0.2, 0) is 10.5 Å². The molecule has 0 radical (unpaired) electrons. The van der Waals surface area contributed by atoms with Crippen molar-refractivity contribution in [3.8, 4) is 0 Å². The Labute approximate surface area is 153 Å². The molecule has 2 aromatic heterocycles. The molecule has 9 nitrogen and oxygen atoms in total. The second-order valence-corrected chi connectivity index (χ2v) is 6.59. The van der Waals surface area contributed by atoms with Crippen LogP contribution in [0, 0.1) is 0 Å². The summed E-state index contributed by atoms with van der Waals surface area (Å²) in [4.78, 5) is 29.5. The first-order valence-electron chi connectivity index (χ1n) is 7.88. The Balaban J connectivity index is 2.02. The van der Waals surface area contributed by atoms with Crippen LogP contribution in [0.5, 0.6) is 0 Å². The summed E-state index contributed by atoms with van der Waals surface area (Å²) in [6, 6.07) is 7.06. The molecule has 1 unspecified atom stereocenters. The molecule has 4 N–H and O–H groups in total. The van der Waals surface area contributed by atoms with E-state index in [1.165, 1.54) is 11.8 Å². The monoisotopic (exact) mass is 373 g/mol. The molecule has 0 saturated carbocycles. The average molecular weight is 373 g/mol. The van der Waals surface area contributed by atoms with Gasteiger partial charge in [-0.05, 0) is 19.1 Å². The third kappa shape index (κ3) is 3.75. The maximum Gasteiger partial charge on any atom is 0.262 e. The molecule has 0 aliphatic heterocycles. The Morgan fingerprint density at radius 1 is 1.15 bits per heavy atom. The summed E-state index contributed by atoms with van der Waals surface area (Å²) in [5.74, 6) is 0.893. The number of methoxy groups -OCH3 is 1. The van der Waals surface area contributed by atoms with E-state index in [9.17, 15) is 4.79 Å². The summed E-state index contributed by atoms with van der Waals surface area (Å²) < 4.78 is 6.84. The third-order valence-corrected chi connectivity index (χ3v) is 4.62. The lowest BCUT2D eigenvalue weighted by Crippen LogP contribution is -2.28. The van der Waals surface area contributed by atoms with Crippen LogP contribution in [0.2, 0.25) is 0 Å². The van der Waals surface area contributed by atoms with Crippen molar-refractivity contribution in [3.63, 3.8) is 0 Å². The number of fused-ring (bicyclic) bond motifs is 1. The summed E-state index contributed by atoms with van der Waals surface area (Å²) in [5.41, 5.74) is 11.7. The number of ether oxygens (including phenoxy) is 1. The lowest BCUT2D eigenvalue weighted by Gasteiger charge is -2.18. The highest BCUT2D eigenvalue weighted by atomic mass is 32.2. The number of nitrogens with zero attached hydrogens (tertiary/aromatic N) is 5. The Morgan fingerprint density at radius 3 is 2.54 bits per heavy atom. The molecule has 1 atom stereocenters. The first-order valence-corrected chi connectivity index (χ1v) is 8.87. The van der Waals surface area contributed by atoms with Gasteiger partial charge in [0.15, 0.2) is 5.16 Å². The first-order chi connectivity index (χ1) is 12.5. The number of para-hydroxylation sites is 1. The maximum atomic E-state index is 13.0. The summed E-state index contributed by atoms with van der Waals surface area (Å²) in [6.45, 7) is 2.30. The zero-order valence-corrected chi connectivity index (χ0v) is 15.2. The van der Waals surface area contributed by atoms with Gasteiger partial charge in [-0.1, -0.05) is 23.9 Å². The smallest absolute Gasteiger partial charge is 0.262 e. The van der Waals surface area contributed by atoms with Crippen molar-refractivity contribution in [2.45, 2.75) is 23.9 Å². The number of nitrogens with two attached hydrogens (primary N) is 2. The van der Waals surface area contributed by atoms with Gasteiger partial charge >= 0.3 is 0 Å². The summed E-state index contributed by atoms with van der Waals surface area (Å²) in [7, 11) is 1.60. The fourth-order valence-electron chi connectivity index (χ4n) is 2.58. The number of aromatic nitrogens is 5. The Kier molecular flexibility index (Phi) is 5.33. The van der Waals surface area contributed by atoms with Crippen LogP contribution in [0.15, 0.2) is 34.2 Å². The van der Waals surface area contributed by atoms with Crippen molar-refractivity contribution in [1.82, 2.24) is 24.5 Å². The van der Waals surface area contributed by atoms with Gasteiger partial charge in [0.1, 0.15) is 5.82 Å². The van der Waals surface area contributed by atoms with E-state index in [2.05, 4.69) is 19.9 Å². The normalized spacial score (nSPS) is 12.4. The van der Waals surface area contributed by atoms with Gasteiger partial charge in [-0.15, -0.1) is 0 Å². The molecule has 0 bridgehead atoms. The standard InChI is InChI=1S/C16H19N7O2S/c1-9(7-25-2)23-13(24)10-5-3-4-6-11(10)19-16(23)26-8-12-20-14(17)22-15(18)21-12/h3-6,9H,7-8H2,1-2H3,(H4,17,18,20,21,22). The van der Waals surface area contributed by atoms with Crippen molar-refractivity contribution in [3.05, 3.63) is 40.4 Å². The second kappa shape index (κ2) is 7.67. The van der Waals surface area contributed by atoms with Crippen LogP contribution in [-0.4, -0.2) is 38.2 Å². The van der Waals surface area contributed by atoms with E-state index in [1.54, 1.807) is 17.7 Å². The Hall–Kier alpha value is -2.72.